The van der Waals surface area contributed by atoms with Crippen molar-refractivity contribution in [2.45, 2.75) is 13.5 Å². The minimum absolute atomic E-state index is 0.184. The second-order valence-electron chi connectivity index (χ2n) is 5.16. The van der Waals surface area contributed by atoms with E-state index in [9.17, 15) is 14.9 Å². The molecule has 0 aliphatic carbocycles. The lowest BCUT2D eigenvalue weighted by Gasteiger charge is -2.19. The molecule has 2 aromatic rings. The summed E-state index contributed by atoms with van der Waals surface area (Å²) in [4.78, 5) is 29.4. The van der Waals surface area contributed by atoms with Crippen LogP contribution in [0.1, 0.15) is 12.5 Å². The van der Waals surface area contributed by atoms with Crippen LogP contribution in [-0.2, 0) is 16.1 Å². The average molecular weight is 335 g/mol. The van der Waals surface area contributed by atoms with Gasteiger partial charge in [-0.05, 0) is 35.9 Å². The summed E-state index contributed by atoms with van der Waals surface area (Å²) in [5, 5.41) is 12.2. The Morgan fingerprint density at radius 1 is 1.32 bits per heavy atom. The van der Waals surface area contributed by atoms with Gasteiger partial charge in [-0.3, -0.25) is 14.6 Å². The highest BCUT2D eigenvalue weighted by Crippen LogP contribution is 2.18. The molecular formula is C18H17N5O2. The lowest BCUT2D eigenvalue weighted by atomic mass is 10.2. The van der Waals surface area contributed by atoms with Crippen molar-refractivity contribution < 1.29 is 9.59 Å². The Morgan fingerprint density at radius 2 is 2.04 bits per heavy atom. The molecule has 0 fully saturated rings. The molecule has 25 heavy (non-hydrogen) atoms. The third kappa shape index (κ3) is 4.65. The standard InChI is InChI=1S/C18H17N5O2/c1-13(24)23(17-6-4-16(20)5-7-17)18(25)15(9-19)12-22-11-14-3-2-8-21-10-14/h2-8,10,12,22H,11,20H2,1H3/b15-12-. The van der Waals surface area contributed by atoms with Crippen LogP contribution in [0.5, 0.6) is 0 Å². The number of hydrogen-bond donors (Lipinski definition) is 2. The average Bonchev–Trinajstić information content (AvgIpc) is 2.61. The number of nitrogens with zero attached hydrogens (tertiary/aromatic N) is 3. The molecule has 0 saturated heterocycles. The molecular weight excluding hydrogens is 318 g/mol. The molecule has 2 rings (SSSR count). The van der Waals surface area contributed by atoms with Crippen molar-refractivity contribution in [3.63, 3.8) is 0 Å². The highest BCUT2D eigenvalue weighted by molar-refractivity contribution is 6.21. The topological polar surface area (TPSA) is 112 Å². The van der Waals surface area contributed by atoms with Crippen LogP contribution in [-0.4, -0.2) is 16.8 Å². The molecule has 0 radical (unpaired) electrons. The third-order valence-corrected chi connectivity index (χ3v) is 3.30. The van der Waals surface area contributed by atoms with Crippen LogP contribution in [0, 0.1) is 11.3 Å². The minimum atomic E-state index is -0.710. The second-order valence-corrected chi connectivity index (χ2v) is 5.16. The van der Waals surface area contributed by atoms with Crippen molar-refractivity contribution in [2.24, 2.45) is 0 Å². The Morgan fingerprint density at radius 3 is 2.60 bits per heavy atom. The van der Waals surface area contributed by atoms with Gasteiger partial charge in [0.1, 0.15) is 11.6 Å². The molecule has 1 aromatic carbocycles. The maximum Gasteiger partial charge on any atom is 0.277 e. The van der Waals surface area contributed by atoms with Crippen LogP contribution >= 0.6 is 0 Å². The van der Waals surface area contributed by atoms with Crippen LogP contribution < -0.4 is 16.0 Å². The minimum Gasteiger partial charge on any atom is -0.399 e. The van der Waals surface area contributed by atoms with Crippen molar-refractivity contribution in [1.82, 2.24) is 10.3 Å². The fourth-order valence-corrected chi connectivity index (χ4v) is 2.10. The zero-order valence-electron chi connectivity index (χ0n) is 13.6. The van der Waals surface area contributed by atoms with E-state index in [-0.39, 0.29) is 5.57 Å². The molecule has 0 aliphatic rings. The van der Waals surface area contributed by atoms with Crippen molar-refractivity contribution in [2.75, 3.05) is 10.6 Å². The third-order valence-electron chi connectivity index (χ3n) is 3.30. The largest absolute Gasteiger partial charge is 0.399 e. The Balaban J connectivity index is 2.17. The van der Waals surface area contributed by atoms with Crippen LogP contribution in [0.4, 0.5) is 11.4 Å². The maximum absolute atomic E-state index is 12.6. The summed E-state index contributed by atoms with van der Waals surface area (Å²) in [6, 6.07) is 11.7. The smallest absolute Gasteiger partial charge is 0.277 e. The van der Waals surface area contributed by atoms with Gasteiger partial charge in [0.2, 0.25) is 5.91 Å². The van der Waals surface area contributed by atoms with Crippen molar-refractivity contribution in [1.29, 1.82) is 5.26 Å². The number of hydrogen-bond acceptors (Lipinski definition) is 6. The lowest BCUT2D eigenvalue weighted by Crippen LogP contribution is -2.36. The van der Waals surface area contributed by atoms with E-state index in [2.05, 4.69) is 10.3 Å². The van der Waals surface area contributed by atoms with Crippen molar-refractivity contribution >= 4 is 23.2 Å². The highest BCUT2D eigenvalue weighted by atomic mass is 16.2. The molecule has 0 bridgehead atoms. The number of pyridine rings is 1. The predicted octanol–water partition coefficient (Wildman–Crippen LogP) is 1.74. The molecule has 126 valence electrons. The molecule has 7 heteroatoms. The number of nitriles is 1. The molecule has 0 spiro atoms. The Hall–Kier alpha value is -3.66. The summed E-state index contributed by atoms with van der Waals surface area (Å²) in [6.07, 6.45) is 4.62. The first-order valence-electron chi connectivity index (χ1n) is 7.46. The first-order valence-corrected chi connectivity index (χ1v) is 7.46. The van der Waals surface area contributed by atoms with E-state index in [1.165, 1.54) is 13.1 Å². The first-order chi connectivity index (χ1) is 12.0. The maximum atomic E-state index is 12.6. The molecule has 1 aromatic heterocycles. The summed E-state index contributed by atoms with van der Waals surface area (Å²) < 4.78 is 0. The van der Waals surface area contributed by atoms with Crippen molar-refractivity contribution in [3.05, 3.63) is 66.1 Å². The number of carbonyl (C=O) groups excluding carboxylic acids is 2. The van der Waals surface area contributed by atoms with Gasteiger partial charge in [-0.1, -0.05) is 6.07 Å². The number of amides is 2. The number of rotatable bonds is 5. The summed E-state index contributed by atoms with van der Waals surface area (Å²) >= 11 is 0. The van der Waals surface area contributed by atoms with E-state index < -0.39 is 11.8 Å². The van der Waals surface area contributed by atoms with Gasteiger partial charge in [0.05, 0.1) is 5.69 Å². The summed E-state index contributed by atoms with van der Waals surface area (Å²) in [5.41, 5.74) is 7.18. The molecule has 0 saturated carbocycles. The number of anilines is 2. The van der Waals surface area contributed by atoms with Crippen LogP contribution in [0.15, 0.2) is 60.6 Å². The predicted molar refractivity (Wildman–Crippen MR) is 93.8 cm³/mol. The van der Waals surface area contributed by atoms with Gasteiger partial charge in [-0.25, -0.2) is 4.90 Å². The van der Waals surface area contributed by atoms with Crippen LogP contribution in [0.2, 0.25) is 0 Å². The second kappa shape index (κ2) is 8.26. The van der Waals surface area contributed by atoms with E-state index in [4.69, 9.17) is 5.73 Å². The molecule has 3 N–H and O–H groups in total. The molecule has 7 nitrogen and oxygen atoms in total. The fourth-order valence-electron chi connectivity index (χ4n) is 2.10. The lowest BCUT2D eigenvalue weighted by molar-refractivity contribution is -0.123. The van der Waals surface area contributed by atoms with Gasteiger partial charge >= 0.3 is 0 Å². The van der Waals surface area contributed by atoms with Gasteiger partial charge in [-0.15, -0.1) is 0 Å². The van der Waals surface area contributed by atoms with Gasteiger partial charge in [0.25, 0.3) is 5.91 Å². The van der Waals surface area contributed by atoms with Crippen LogP contribution in [0.3, 0.4) is 0 Å². The summed E-state index contributed by atoms with van der Waals surface area (Å²) in [5.74, 6) is -1.21. The summed E-state index contributed by atoms with van der Waals surface area (Å²) in [7, 11) is 0. The summed E-state index contributed by atoms with van der Waals surface area (Å²) in [6.45, 7) is 1.65. The Kier molecular flexibility index (Phi) is 5.85. The molecule has 0 unspecified atom stereocenters. The van der Waals surface area contributed by atoms with E-state index >= 15 is 0 Å². The molecule has 2 amide bonds. The quantitative estimate of drug-likeness (QED) is 0.489. The van der Waals surface area contributed by atoms with E-state index in [0.29, 0.717) is 17.9 Å². The van der Waals surface area contributed by atoms with Gasteiger partial charge in [-0.2, -0.15) is 5.26 Å². The Labute approximate surface area is 145 Å². The normalized spacial score (nSPS) is 10.6. The van der Waals surface area contributed by atoms with E-state index in [0.717, 1.165) is 10.5 Å². The molecule has 0 aliphatic heterocycles. The fraction of sp³-hybridized carbons (Fsp3) is 0.111. The molecule has 1 heterocycles. The van der Waals surface area contributed by atoms with Gasteiger partial charge < -0.3 is 11.1 Å². The van der Waals surface area contributed by atoms with E-state index in [1.807, 2.05) is 12.1 Å². The zero-order valence-corrected chi connectivity index (χ0v) is 13.6. The number of nitrogens with one attached hydrogen (secondary N) is 1. The van der Waals surface area contributed by atoms with Crippen LogP contribution in [0.25, 0.3) is 0 Å². The van der Waals surface area contributed by atoms with E-state index in [1.54, 1.807) is 42.7 Å². The number of aromatic nitrogens is 1. The SMILES string of the molecule is CC(=O)N(C(=O)/C(C#N)=C\NCc1cccnc1)c1ccc(N)cc1. The first kappa shape index (κ1) is 17.7. The monoisotopic (exact) mass is 335 g/mol. The molecule has 0 atom stereocenters. The number of nitrogens with two attached hydrogens (primary N) is 1. The van der Waals surface area contributed by atoms with Gasteiger partial charge in [0.15, 0.2) is 0 Å². The Bertz CT molecular complexity index is 823. The van der Waals surface area contributed by atoms with Crippen molar-refractivity contribution in [3.8, 4) is 6.07 Å². The highest BCUT2D eigenvalue weighted by Gasteiger charge is 2.23. The zero-order chi connectivity index (χ0) is 18.2. The number of imide groups is 1. The number of carbonyl (C=O) groups is 2. The number of benzene rings is 1. The number of nitrogen functional groups attached to an aromatic ring is 1. The van der Waals surface area contributed by atoms with Gasteiger partial charge in [0, 0.05) is 37.7 Å².